The molecule has 0 N–H and O–H groups in total. The molecule has 1 aliphatic rings. The maximum atomic E-state index is 14.4. The molecular weight excluding hydrogens is 325 g/mol. The SMILES string of the molecule is CCCC1CCC(CCc2ncc(-c3ccc(C#N)cc3)c(F)n2)CC1. The molecule has 4 heteroatoms. The molecule has 0 unspecified atom stereocenters. The molecule has 3 nitrogen and oxygen atoms in total. The molecule has 0 saturated heterocycles. The van der Waals surface area contributed by atoms with Crippen LogP contribution in [0.2, 0.25) is 0 Å². The Bertz CT molecular complexity index is 756. The molecular formula is C22H26FN3. The van der Waals surface area contributed by atoms with Gasteiger partial charge in [-0.3, -0.25) is 0 Å². The predicted molar refractivity (Wildman–Crippen MR) is 101 cm³/mol. The van der Waals surface area contributed by atoms with Crippen molar-refractivity contribution in [3.8, 4) is 17.2 Å². The molecule has 0 amide bonds. The van der Waals surface area contributed by atoms with E-state index >= 15 is 0 Å². The van der Waals surface area contributed by atoms with Crippen LogP contribution in [-0.2, 0) is 6.42 Å². The lowest BCUT2D eigenvalue weighted by atomic mass is 9.78. The highest BCUT2D eigenvalue weighted by Gasteiger charge is 2.21. The zero-order chi connectivity index (χ0) is 18.4. The second-order valence-corrected chi connectivity index (χ2v) is 7.39. The van der Waals surface area contributed by atoms with Crippen molar-refractivity contribution in [3.63, 3.8) is 0 Å². The second-order valence-electron chi connectivity index (χ2n) is 7.39. The van der Waals surface area contributed by atoms with Gasteiger partial charge in [0.2, 0.25) is 5.95 Å². The number of rotatable bonds is 6. The van der Waals surface area contributed by atoms with Gasteiger partial charge in [-0.05, 0) is 36.0 Å². The van der Waals surface area contributed by atoms with Crippen LogP contribution in [0, 0.1) is 29.1 Å². The molecule has 0 bridgehead atoms. The van der Waals surface area contributed by atoms with Crippen molar-refractivity contribution in [2.45, 2.75) is 58.3 Å². The highest BCUT2D eigenvalue weighted by molar-refractivity contribution is 5.63. The van der Waals surface area contributed by atoms with E-state index in [1.165, 1.54) is 38.5 Å². The van der Waals surface area contributed by atoms with Gasteiger partial charge in [0.05, 0.1) is 17.2 Å². The van der Waals surface area contributed by atoms with Crippen molar-refractivity contribution in [2.24, 2.45) is 11.8 Å². The predicted octanol–water partition coefficient (Wildman–Crippen LogP) is 5.69. The summed E-state index contributed by atoms with van der Waals surface area (Å²) < 4.78 is 14.4. The van der Waals surface area contributed by atoms with E-state index in [0.29, 0.717) is 22.5 Å². The number of nitriles is 1. The Morgan fingerprint density at radius 1 is 1.08 bits per heavy atom. The fourth-order valence-electron chi connectivity index (χ4n) is 3.98. The molecule has 2 aromatic rings. The first-order chi connectivity index (χ1) is 12.7. The number of halogens is 1. The number of aromatic nitrogens is 2. The van der Waals surface area contributed by atoms with Crippen molar-refractivity contribution < 1.29 is 4.39 Å². The van der Waals surface area contributed by atoms with Gasteiger partial charge in [0.1, 0.15) is 5.82 Å². The van der Waals surface area contributed by atoms with Gasteiger partial charge in [-0.2, -0.15) is 9.65 Å². The summed E-state index contributed by atoms with van der Waals surface area (Å²) in [6.07, 6.45) is 11.3. The van der Waals surface area contributed by atoms with Gasteiger partial charge >= 0.3 is 0 Å². The summed E-state index contributed by atoms with van der Waals surface area (Å²) in [4.78, 5) is 8.45. The highest BCUT2D eigenvalue weighted by atomic mass is 19.1. The van der Waals surface area contributed by atoms with Crippen molar-refractivity contribution in [2.75, 3.05) is 0 Å². The summed E-state index contributed by atoms with van der Waals surface area (Å²) in [5.41, 5.74) is 1.64. The molecule has 26 heavy (non-hydrogen) atoms. The molecule has 1 aromatic heterocycles. The van der Waals surface area contributed by atoms with Crippen LogP contribution in [0.1, 0.15) is 63.3 Å². The van der Waals surface area contributed by atoms with Gasteiger partial charge in [-0.25, -0.2) is 9.97 Å². The van der Waals surface area contributed by atoms with Crippen LogP contribution in [0.3, 0.4) is 0 Å². The van der Waals surface area contributed by atoms with E-state index in [9.17, 15) is 4.39 Å². The van der Waals surface area contributed by atoms with Gasteiger partial charge in [-0.1, -0.05) is 57.6 Å². The molecule has 0 radical (unpaired) electrons. The minimum Gasteiger partial charge on any atom is -0.241 e. The summed E-state index contributed by atoms with van der Waals surface area (Å²) in [5, 5.41) is 8.85. The topological polar surface area (TPSA) is 49.6 Å². The number of aryl methyl sites for hydroxylation is 1. The van der Waals surface area contributed by atoms with Crippen LogP contribution in [0.15, 0.2) is 30.5 Å². The van der Waals surface area contributed by atoms with Gasteiger partial charge in [0.25, 0.3) is 0 Å². The zero-order valence-electron chi connectivity index (χ0n) is 15.4. The summed E-state index contributed by atoms with van der Waals surface area (Å²) in [5.74, 6) is 1.76. The first-order valence-electron chi connectivity index (χ1n) is 9.71. The largest absolute Gasteiger partial charge is 0.241 e. The van der Waals surface area contributed by atoms with E-state index in [0.717, 1.165) is 24.7 Å². The maximum absolute atomic E-state index is 14.4. The maximum Gasteiger partial charge on any atom is 0.224 e. The molecule has 0 spiro atoms. The number of hydrogen-bond acceptors (Lipinski definition) is 3. The standard InChI is InChI=1S/C22H26FN3/c1-2-3-16-4-6-17(7-5-16)10-13-21-25-15-20(22(23)26-21)19-11-8-18(14-24)9-12-19/h8-9,11-12,15-17H,2-7,10,13H2,1H3. The first-order valence-corrected chi connectivity index (χ1v) is 9.71. The van der Waals surface area contributed by atoms with Crippen LogP contribution in [0.4, 0.5) is 4.39 Å². The van der Waals surface area contributed by atoms with Gasteiger partial charge in [-0.15, -0.1) is 0 Å². The third-order valence-corrected chi connectivity index (χ3v) is 5.56. The molecule has 0 atom stereocenters. The fraction of sp³-hybridized carbons (Fsp3) is 0.500. The molecule has 3 rings (SSSR count). The quantitative estimate of drug-likeness (QED) is 0.628. The lowest BCUT2D eigenvalue weighted by Crippen LogP contribution is -2.15. The normalized spacial score (nSPS) is 19.9. The Labute approximate surface area is 155 Å². The van der Waals surface area contributed by atoms with Crippen LogP contribution in [-0.4, -0.2) is 9.97 Å². The van der Waals surface area contributed by atoms with Crippen molar-refractivity contribution in [3.05, 3.63) is 47.8 Å². The summed E-state index contributed by atoms with van der Waals surface area (Å²) in [6.45, 7) is 2.26. The number of nitrogens with zero attached hydrogens (tertiary/aromatic N) is 3. The molecule has 1 fully saturated rings. The Kier molecular flexibility index (Phi) is 6.33. The van der Waals surface area contributed by atoms with Crippen molar-refractivity contribution in [1.82, 2.24) is 9.97 Å². The molecule has 1 saturated carbocycles. The van der Waals surface area contributed by atoms with Crippen LogP contribution in [0.5, 0.6) is 0 Å². The lowest BCUT2D eigenvalue weighted by molar-refractivity contribution is 0.251. The van der Waals surface area contributed by atoms with E-state index in [4.69, 9.17) is 5.26 Å². The Balaban J connectivity index is 1.57. The Morgan fingerprint density at radius 3 is 2.31 bits per heavy atom. The van der Waals surface area contributed by atoms with E-state index in [1.54, 1.807) is 30.5 Å². The molecule has 1 heterocycles. The van der Waals surface area contributed by atoms with E-state index in [2.05, 4.69) is 23.0 Å². The monoisotopic (exact) mass is 351 g/mol. The third-order valence-electron chi connectivity index (χ3n) is 5.56. The van der Waals surface area contributed by atoms with Crippen LogP contribution < -0.4 is 0 Å². The van der Waals surface area contributed by atoms with E-state index < -0.39 is 5.95 Å². The zero-order valence-corrected chi connectivity index (χ0v) is 15.4. The average molecular weight is 351 g/mol. The van der Waals surface area contributed by atoms with Gasteiger partial charge in [0, 0.05) is 12.6 Å². The summed E-state index contributed by atoms with van der Waals surface area (Å²) in [6, 6.07) is 8.88. The smallest absolute Gasteiger partial charge is 0.224 e. The molecule has 1 aromatic carbocycles. The van der Waals surface area contributed by atoms with Crippen LogP contribution >= 0.6 is 0 Å². The van der Waals surface area contributed by atoms with Crippen molar-refractivity contribution >= 4 is 0 Å². The highest BCUT2D eigenvalue weighted by Crippen LogP contribution is 2.33. The summed E-state index contributed by atoms with van der Waals surface area (Å²) >= 11 is 0. The minimum atomic E-state index is -0.480. The van der Waals surface area contributed by atoms with Gasteiger partial charge < -0.3 is 0 Å². The Morgan fingerprint density at radius 2 is 1.73 bits per heavy atom. The van der Waals surface area contributed by atoms with Gasteiger partial charge in [0.15, 0.2) is 0 Å². The average Bonchev–Trinajstić information content (AvgIpc) is 2.68. The summed E-state index contributed by atoms with van der Waals surface area (Å²) in [7, 11) is 0. The molecule has 0 aliphatic heterocycles. The lowest BCUT2D eigenvalue weighted by Gasteiger charge is -2.28. The fourth-order valence-corrected chi connectivity index (χ4v) is 3.98. The van der Waals surface area contributed by atoms with Crippen molar-refractivity contribution in [1.29, 1.82) is 5.26 Å². The van der Waals surface area contributed by atoms with E-state index in [1.807, 2.05) is 0 Å². The minimum absolute atomic E-state index is 0.387. The second kappa shape index (κ2) is 8.89. The molecule has 136 valence electrons. The molecule has 1 aliphatic carbocycles. The first kappa shape index (κ1) is 18.5. The van der Waals surface area contributed by atoms with E-state index in [-0.39, 0.29) is 0 Å². The van der Waals surface area contributed by atoms with Crippen LogP contribution in [0.25, 0.3) is 11.1 Å². The number of benzene rings is 1. The third kappa shape index (κ3) is 4.66. The number of hydrogen-bond donors (Lipinski definition) is 0. The Hall–Kier alpha value is -2.28.